The van der Waals surface area contributed by atoms with Gasteiger partial charge in [0, 0.05) is 26.0 Å². The fourth-order valence-electron chi connectivity index (χ4n) is 1.96. The van der Waals surface area contributed by atoms with Crippen molar-refractivity contribution in [1.82, 2.24) is 9.55 Å². The van der Waals surface area contributed by atoms with Crippen LogP contribution >= 0.6 is 0 Å². The molecule has 0 radical (unpaired) electrons. The fourth-order valence-corrected chi connectivity index (χ4v) is 1.96. The molecular weight excluding hydrogens is 240 g/mol. The smallest absolute Gasteiger partial charge is 0.342 e. The molecular formula is C11H14N2O5. The third-order valence-electron chi connectivity index (χ3n) is 3.04. The highest BCUT2D eigenvalue weighted by Gasteiger charge is 2.16. The molecule has 1 atom stereocenters. The molecule has 0 spiro atoms. The molecule has 98 valence electrons. The Kier molecular flexibility index (Phi) is 3.61. The maximum Gasteiger partial charge on any atom is 0.342 e. The Morgan fingerprint density at radius 1 is 1.56 bits per heavy atom. The SMILES string of the molecule is O=C(O)c1cn(CCC2CCOC2)c(=O)[nH]c1=O. The molecule has 1 aliphatic heterocycles. The molecule has 1 saturated heterocycles. The molecule has 1 aromatic heterocycles. The Balaban J connectivity index is 2.16. The average molecular weight is 254 g/mol. The van der Waals surface area contributed by atoms with Crippen LogP contribution in [0.1, 0.15) is 23.2 Å². The van der Waals surface area contributed by atoms with Crippen LogP contribution in [0.15, 0.2) is 15.8 Å². The number of rotatable bonds is 4. The topological polar surface area (TPSA) is 101 Å². The van der Waals surface area contributed by atoms with E-state index in [0.717, 1.165) is 25.6 Å². The lowest BCUT2D eigenvalue weighted by molar-refractivity contribution is 0.0693. The number of hydrogen-bond acceptors (Lipinski definition) is 4. The van der Waals surface area contributed by atoms with Crippen molar-refractivity contribution in [2.75, 3.05) is 13.2 Å². The fraction of sp³-hybridized carbons (Fsp3) is 0.545. The van der Waals surface area contributed by atoms with Gasteiger partial charge >= 0.3 is 11.7 Å². The highest BCUT2D eigenvalue weighted by molar-refractivity contribution is 5.86. The van der Waals surface area contributed by atoms with Gasteiger partial charge in [0.15, 0.2) is 0 Å². The molecule has 1 fully saturated rings. The quantitative estimate of drug-likeness (QED) is 0.765. The van der Waals surface area contributed by atoms with Crippen LogP contribution in [-0.4, -0.2) is 33.8 Å². The number of carboxylic acid groups (broad SMARTS) is 1. The number of aryl methyl sites for hydroxylation is 1. The van der Waals surface area contributed by atoms with Gasteiger partial charge in [0.1, 0.15) is 5.56 Å². The van der Waals surface area contributed by atoms with E-state index in [1.54, 1.807) is 0 Å². The van der Waals surface area contributed by atoms with E-state index < -0.39 is 22.8 Å². The van der Waals surface area contributed by atoms with Crippen LogP contribution in [0.4, 0.5) is 0 Å². The third-order valence-corrected chi connectivity index (χ3v) is 3.04. The van der Waals surface area contributed by atoms with Gasteiger partial charge in [-0.1, -0.05) is 0 Å². The number of aromatic carboxylic acids is 1. The standard InChI is InChI=1S/C11H14N2O5/c14-9-8(10(15)16)5-13(11(17)12-9)3-1-7-2-4-18-6-7/h5,7H,1-4,6H2,(H,15,16)(H,12,14,17). The van der Waals surface area contributed by atoms with Crippen LogP contribution in [0.25, 0.3) is 0 Å². The maximum atomic E-state index is 11.5. The highest BCUT2D eigenvalue weighted by Crippen LogP contribution is 2.16. The number of H-pyrrole nitrogens is 1. The molecule has 2 heterocycles. The van der Waals surface area contributed by atoms with E-state index in [1.165, 1.54) is 4.57 Å². The van der Waals surface area contributed by atoms with Gasteiger partial charge in [0.2, 0.25) is 0 Å². The number of ether oxygens (including phenoxy) is 1. The van der Waals surface area contributed by atoms with Crippen molar-refractivity contribution in [3.05, 3.63) is 32.6 Å². The van der Waals surface area contributed by atoms with E-state index in [4.69, 9.17) is 9.84 Å². The summed E-state index contributed by atoms with van der Waals surface area (Å²) >= 11 is 0. The second-order valence-electron chi connectivity index (χ2n) is 4.32. The summed E-state index contributed by atoms with van der Waals surface area (Å²) in [6.07, 6.45) is 2.77. The van der Waals surface area contributed by atoms with Gasteiger partial charge in [-0.15, -0.1) is 0 Å². The maximum absolute atomic E-state index is 11.5. The lowest BCUT2D eigenvalue weighted by Gasteiger charge is -2.09. The van der Waals surface area contributed by atoms with Crippen molar-refractivity contribution >= 4 is 5.97 Å². The first-order chi connectivity index (χ1) is 8.58. The van der Waals surface area contributed by atoms with Crippen molar-refractivity contribution in [2.45, 2.75) is 19.4 Å². The first kappa shape index (κ1) is 12.6. The number of aromatic amines is 1. The van der Waals surface area contributed by atoms with Crippen molar-refractivity contribution in [3.8, 4) is 0 Å². The molecule has 2 N–H and O–H groups in total. The summed E-state index contributed by atoms with van der Waals surface area (Å²) in [6, 6.07) is 0. The van der Waals surface area contributed by atoms with Gasteiger partial charge in [-0.25, -0.2) is 9.59 Å². The lowest BCUT2D eigenvalue weighted by atomic mass is 10.1. The molecule has 0 aromatic carbocycles. The molecule has 1 unspecified atom stereocenters. The molecule has 0 aliphatic carbocycles. The third kappa shape index (κ3) is 2.67. The number of nitrogens with zero attached hydrogens (tertiary/aromatic N) is 1. The normalized spacial score (nSPS) is 19.0. The molecule has 2 rings (SSSR count). The van der Waals surface area contributed by atoms with Crippen LogP contribution in [0.5, 0.6) is 0 Å². The average Bonchev–Trinajstić information content (AvgIpc) is 2.80. The van der Waals surface area contributed by atoms with E-state index in [2.05, 4.69) is 0 Å². The van der Waals surface area contributed by atoms with Gasteiger partial charge in [-0.3, -0.25) is 14.3 Å². The number of nitrogens with one attached hydrogen (secondary N) is 1. The molecule has 7 nitrogen and oxygen atoms in total. The Bertz CT molecular complexity index is 553. The molecule has 0 saturated carbocycles. The summed E-state index contributed by atoms with van der Waals surface area (Å²) in [4.78, 5) is 35.5. The summed E-state index contributed by atoms with van der Waals surface area (Å²) in [7, 11) is 0. The highest BCUT2D eigenvalue weighted by atomic mass is 16.5. The van der Waals surface area contributed by atoms with Gasteiger partial charge < -0.3 is 9.84 Å². The summed E-state index contributed by atoms with van der Waals surface area (Å²) < 4.78 is 6.44. The molecule has 0 bridgehead atoms. The van der Waals surface area contributed by atoms with Gasteiger partial charge in [-0.2, -0.15) is 0 Å². The van der Waals surface area contributed by atoms with E-state index in [1.807, 2.05) is 4.98 Å². The van der Waals surface area contributed by atoms with Gasteiger partial charge in [0.25, 0.3) is 5.56 Å². The molecule has 1 aromatic rings. The zero-order valence-electron chi connectivity index (χ0n) is 9.72. The minimum atomic E-state index is -1.34. The molecule has 7 heteroatoms. The number of aromatic nitrogens is 2. The van der Waals surface area contributed by atoms with E-state index in [0.29, 0.717) is 19.1 Å². The largest absolute Gasteiger partial charge is 0.477 e. The Hall–Kier alpha value is -1.89. The van der Waals surface area contributed by atoms with Gasteiger partial charge in [0.05, 0.1) is 0 Å². The zero-order valence-corrected chi connectivity index (χ0v) is 9.72. The van der Waals surface area contributed by atoms with Crippen LogP contribution in [0.2, 0.25) is 0 Å². The minimum absolute atomic E-state index is 0.379. The van der Waals surface area contributed by atoms with E-state index in [-0.39, 0.29) is 0 Å². The Morgan fingerprint density at radius 3 is 2.94 bits per heavy atom. The lowest BCUT2D eigenvalue weighted by Crippen LogP contribution is -2.33. The summed E-state index contributed by atoms with van der Waals surface area (Å²) in [5.74, 6) is -0.952. The number of hydrogen-bond donors (Lipinski definition) is 2. The molecule has 18 heavy (non-hydrogen) atoms. The van der Waals surface area contributed by atoms with Crippen LogP contribution in [-0.2, 0) is 11.3 Å². The number of carbonyl (C=O) groups is 1. The summed E-state index contributed by atoms with van der Waals surface area (Å²) in [5.41, 5.74) is -1.87. The minimum Gasteiger partial charge on any atom is -0.477 e. The van der Waals surface area contributed by atoms with Crippen molar-refractivity contribution < 1.29 is 14.6 Å². The zero-order chi connectivity index (χ0) is 13.1. The molecule has 0 amide bonds. The predicted octanol–water partition coefficient (Wildman–Crippen LogP) is -0.339. The van der Waals surface area contributed by atoms with Crippen LogP contribution < -0.4 is 11.2 Å². The second kappa shape index (κ2) is 5.18. The van der Waals surface area contributed by atoms with Crippen LogP contribution in [0, 0.1) is 5.92 Å². The van der Waals surface area contributed by atoms with Crippen LogP contribution in [0.3, 0.4) is 0 Å². The van der Waals surface area contributed by atoms with E-state index >= 15 is 0 Å². The second-order valence-corrected chi connectivity index (χ2v) is 4.32. The first-order valence-corrected chi connectivity index (χ1v) is 5.72. The Labute approximate surface area is 102 Å². The van der Waals surface area contributed by atoms with Crippen molar-refractivity contribution in [2.24, 2.45) is 5.92 Å². The van der Waals surface area contributed by atoms with Crippen molar-refractivity contribution in [1.29, 1.82) is 0 Å². The molecule has 1 aliphatic rings. The van der Waals surface area contributed by atoms with Crippen molar-refractivity contribution in [3.63, 3.8) is 0 Å². The van der Waals surface area contributed by atoms with Gasteiger partial charge in [-0.05, 0) is 18.8 Å². The monoisotopic (exact) mass is 254 g/mol. The predicted molar refractivity (Wildman–Crippen MR) is 61.8 cm³/mol. The summed E-state index contributed by atoms with van der Waals surface area (Å²) in [5, 5.41) is 8.81. The van der Waals surface area contributed by atoms with E-state index in [9.17, 15) is 14.4 Å². The Morgan fingerprint density at radius 2 is 2.33 bits per heavy atom. The summed E-state index contributed by atoms with van der Waals surface area (Å²) in [6.45, 7) is 1.78. The number of carboxylic acids is 1. The first-order valence-electron chi connectivity index (χ1n) is 5.72.